The van der Waals surface area contributed by atoms with Crippen molar-refractivity contribution in [2.24, 2.45) is 0 Å². The van der Waals surface area contributed by atoms with E-state index in [1.165, 1.54) is 18.3 Å². The molecule has 0 spiro atoms. The fourth-order valence-electron chi connectivity index (χ4n) is 1.45. The first-order chi connectivity index (χ1) is 9.13. The number of pyridine rings is 1. The molecule has 1 amide bonds. The highest BCUT2D eigenvalue weighted by atomic mass is 32.1. The van der Waals surface area contributed by atoms with E-state index in [-0.39, 0.29) is 11.4 Å². The summed E-state index contributed by atoms with van der Waals surface area (Å²) in [5.74, 6) is -1.59. The van der Waals surface area contributed by atoms with Crippen LogP contribution in [0.1, 0.15) is 32.6 Å². The molecular weight excluding hydrogens is 268 g/mol. The Kier molecular flexibility index (Phi) is 3.81. The highest BCUT2D eigenvalue weighted by molar-refractivity contribution is 7.08. The number of amides is 1. The van der Waals surface area contributed by atoms with Crippen LogP contribution in [0.3, 0.4) is 0 Å². The first-order valence-electron chi connectivity index (χ1n) is 5.44. The molecule has 0 aromatic carbocycles. The van der Waals surface area contributed by atoms with Gasteiger partial charge in [-0.3, -0.25) is 4.79 Å². The Morgan fingerprint density at radius 2 is 2.26 bits per heavy atom. The molecule has 0 saturated carbocycles. The average Bonchev–Trinajstić information content (AvgIpc) is 2.87. The summed E-state index contributed by atoms with van der Waals surface area (Å²) in [6, 6.07) is 2.86. The van der Waals surface area contributed by atoms with Gasteiger partial charge in [0.15, 0.2) is 0 Å². The Bertz CT molecular complexity index is 626. The second-order valence-corrected chi connectivity index (χ2v) is 4.32. The number of hydrogen-bond acceptors (Lipinski definition) is 6. The first kappa shape index (κ1) is 13.1. The number of anilines is 1. The normalized spacial score (nSPS) is 10.2. The van der Waals surface area contributed by atoms with Crippen LogP contribution in [0.25, 0.3) is 0 Å². The van der Waals surface area contributed by atoms with Gasteiger partial charge >= 0.3 is 5.97 Å². The SMILES string of the molecule is CCc1nnsc1C(=O)Nc1ncccc1C(=O)O. The minimum Gasteiger partial charge on any atom is -0.478 e. The quantitative estimate of drug-likeness (QED) is 0.876. The van der Waals surface area contributed by atoms with E-state index in [4.69, 9.17) is 5.11 Å². The van der Waals surface area contributed by atoms with Gasteiger partial charge in [0.2, 0.25) is 0 Å². The summed E-state index contributed by atoms with van der Waals surface area (Å²) >= 11 is 0.967. The summed E-state index contributed by atoms with van der Waals surface area (Å²) in [6.45, 7) is 1.86. The van der Waals surface area contributed by atoms with E-state index < -0.39 is 11.9 Å². The van der Waals surface area contributed by atoms with Gasteiger partial charge in [-0.1, -0.05) is 11.4 Å². The predicted molar refractivity (Wildman–Crippen MR) is 68.4 cm³/mol. The molecule has 2 heterocycles. The minimum absolute atomic E-state index is 0.00968. The monoisotopic (exact) mass is 278 g/mol. The summed E-state index contributed by atoms with van der Waals surface area (Å²) < 4.78 is 3.71. The van der Waals surface area contributed by atoms with Gasteiger partial charge in [0, 0.05) is 6.20 Å². The number of hydrogen-bond donors (Lipinski definition) is 2. The van der Waals surface area contributed by atoms with Crippen LogP contribution < -0.4 is 5.32 Å². The number of carbonyl (C=O) groups excluding carboxylic acids is 1. The van der Waals surface area contributed by atoms with Crippen LogP contribution in [-0.4, -0.2) is 31.6 Å². The van der Waals surface area contributed by atoms with E-state index >= 15 is 0 Å². The number of aromatic nitrogens is 3. The molecule has 0 aliphatic rings. The maximum atomic E-state index is 12.0. The van der Waals surface area contributed by atoms with E-state index in [0.717, 1.165) is 11.5 Å². The Morgan fingerprint density at radius 3 is 2.95 bits per heavy atom. The van der Waals surface area contributed by atoms with Gasteiger partial charge in [-0.15, -0.1) is 5.10 Å². The van der Waals surface area contributed by atoms with Gasteiger partial charge in [-0.25, -0.2) is 9.78 Å². The zero-order valence-corrected chi connectivity index (χ0v) is 10.8. The first-order valence-corrected chi connectivity index (χ1v) is 6.21. The highest BCUT2D eigenvalue weighted by Gasteiger charge is 2.18. The molecule has 0 bridgehead atoms. The second kappa shape index (κ2) is 5.53. The Morgan fingerprint density at radius 1 is 1.47 bits per heavy atom. The maximum absolute atomic E-state index is 12.0. The van der Waals surface area contributed by atoms with Crippen molar-refractivity contribution in [3.63, 3.8) is 0 Å². The van der Waals surface area contributed by atoms with E-state index in [9.17, 15) is 9.59 Å². The smallest absolute Gasteiger partial charge is 0.339 e. The molecule has 98 valence electrons. The Labute approximate surface area is 112 Å². The molecular formula is C11H10N4O3S. The molecule has 0 atom stereocenters. The fourth-order valence-corrected chi connectivity index (χ4v) is 2.10. The van der Waals surface area contributed by atoms with Crippen LogP contribution in [0.4, 0.5) is 5.82 Å². The van der Waals surface area contributed by atoms with Gasteiger partial charge in [0.25, 0.3) is 5.91 Å². The Hall–Kier alpha value is -2.35. The largest absolute Gasteiger partial charge is 0.478 e. The molecule has 2 N–H and O–H groups in total. The van der Waals surface area contributed by atoms with Gasteiger partial charge in [0.1, 0.15) is 16.3 Å². The average molecular weight is 278 g/mol. The molecule has 0 fully saturated rings. The summed E-state index contributed by atoms with van der Waals surface area (Å²) in [5, 5.41) is 15.3. The standard InChI is InChI=1S/C11H10N4O3S/c1-2-7-8(19-15-14-7)10(16)13-9-6(11(17)18)4-3-5-12-9/h3-5H,2H2,1H3,(H,17,18)(H,12,13,16). The number of aryl methyl sites for hydroxylation is 1. The van der Waals surface area contributed by atoms with Crippen molar-refractivity contribution in [3.05, 3.63) is 34.5 Å². The van der Waals surface area contributed by atoms with E-state index in [2.05, 4.69) is 19.9 Å². The molecule has 0 aliphatic heterocycles. The van der Waals surface area contributed by atoms with Gasteiger partial charge in [0.05, 0.1) is 5.69 Å². The number of carboxylic acid groups (broad SMARTS) is 1. The zero-order valence-electron chi connectivity index (χ0n) is 9.95. The van der Waals surface area contributed by atoms with Crippen LogP contribution in [0.5, 0.6) is 0 Å². The molecule has 19 heavy (non-hydrogen) atoms. The Balaban J connectivity index is 2.27. The van der Waals surface area contributed by atoms with Crippen molar-refractivity contribution in [1.82, 2.24) is 14.6 Å². The summed E-state index contributed by atoms with van der Waals surface area (Å²) in [7, 11) is 0. The third kappa shape index (κ3) is 2.74. The van der Waals surface area contributed by atoms with Crippen molar-refractivity contribution < 1.29 is 14.7 Å². The van der Waals surface area contributed by atoms with Crippen molar-refractivity contribution >= 4 is 29.2 Å². The van der Waals surface area contributed by atoms with Crippen molar-refractivity contribution in [1.29, 1.82) is 0 Å². The van der Waals surface area contributed by atoms with Crippen LogP contribution in [0.15, 0.2) is 18.3 Å². The molecule has 2 rings (SSSR count). The van der Waals surface area contributed by atoms with Gasteiger partial charge < -0.3 is 10.4 Å². The predicted octanol–water partition coefficient (Wildman–Crippen LogP) is 1.45. The van der Waals surface area contributed by atoms with Crippen LogP contribution in [0.2, 0.25) is 0 Å². The van der Waals surface area contributed by atoms with Gasteiger partial charge in [-0.05, 0) is 30.1 Å². The molecule has 2 aromatic heterocycles. The number of carboxylic acids is 1. The lowest BCUT2D eigenvalue weighted by atomic mass is 10.2. The number of carbonyl (C=O) groups is 2. The minimum atomic E-state index is -1.15. The third-order valence-corrected chi connectivity index (χ3v) is 3.13. The fraction of sp³-hybridized carbons (Fsp3) is 0.182. The van der Waals surface area contributed by atoms with Crippen LogP contribution in [0, 0.1) is 0 Å². The lowest BCUT2D eigenvalue weighted by Crippen LogP contribution is -2.16. The second-order valence-electron chi connectivity index (χ2n) is 3.56. The molecule has 7 nitrogen and oxygen atoms in total. The summed E-state index contributed by atoms with van der Waals surface area (Å²) in [6.07, 6.45) is 1.99. The maximum Gasteiger partial charge on any atom is 0.339 e. The number of rotatable bonds is 4. The number of nitrogens with one attached hydrogen (secondary N) is 1. The van der Waals surface area contributed by atoms with E-state index in [1.807, 2.05) is 6.92 Å². The van der Waals surface area contributed by atoms with Crippen LogP contribution >= 0.6 is 11.5 Å². The molecule has 8 heteroatoms. The van der Waals surface area contributed by atoms with E-state index in [0.29, 0.717) is 17.0 Å². The third-order valence-electron chi connectivity index (χ3n) is 2.37. The lowest BCUT2D eigenvalue weighted by molar-refractivity contribution is 0.0697. The molecule has 0 saturated heterocycles. The van der Waals surface area contributed by atoms with Gasteiger partial charge in [-0.2, -0.15) is 0 Å². The highest BCUT2D eigenvalue weighted by Crippen LogP contribution is 2.16. The number of aromatic carboxylic acids is 1. The van der Waals surface area contributed by atoms with Crippen LogP contribution in [-0.2, 0) is 6.42 Å². The lowest BCUT2D eigenvalue weighted by Gasteiger charge is -2.05. The summed E-state index contributed by atoms with van der Waals surface area (Å²) in [4.78, 5) is 27.2. The van der Waals surface area contributed by atoms with Crippen molar-refractivity contribution in [2.75, 3.05) is 5.32 Å². The molecule has 0 aliphatic carbocycles. The van der Waals surface area contributed by atoms with Crippen molar-refractivity contribution in [2.45, 2.75) is 13.3 Å². The summed E-state index contributed by atoms with van der Waals surface area (Å²) in [5.41, 5.74) is 0.515. The topological polar surface area (TPSA) is 105 Å². The molecule has 0 radical (unpaired) electrons. The molecule has 0 unspecified atom stereocenters. The zero-order chi connectivity index (χ0) is 13.8. The number of nitrogens with zero attached hydrogens (tertiary/aromatic N) is 3. The van der Waals surface area contributed by atoms with E-state index in [1.54, 1.807) is 0 Å². The molecule has 2 aromatic rings. The van der Waals surface area contributed by atoms with Crippen molar-refractivity contribution in [3.8, 4) is 0 Å².